The number of hydrogen-bond donors (Lipinski definition) is 0. The number of ether oxygens (including phenoxy) is 2. The first kappa shape index (κ1) is 18.8. The van der Waals surface area contributed by atoms with E-state index in [0.717, 1.165) is 49.8 Å². The van der Waals surface area contributed by atoms with Gasteiger partial charge in [0, 0.05) is 37.4 Å². The summed E-state index contributed by atoms with van der Waals surface area (Å²) in [7, 11) is 0. The molecule has 1 amide bonds. The Kier molecular flexibility index (Phi) is 6.47. The van der Waals surface area contributed by atoms with Gasteiger partial charge in [-0.2, -0.15) is 0 Å². The molecular formula is C19H30N2O3S. The molecule has 3 rings (SSSR count). The normalized spacial score (nSPS) is 25.8. The molecule has 2 saturated heterocycles. The van der Waals surface area contributed by atoms with Gasteiger partial charge in [-0.15, -0.1) is 11.3 Å². The van der Waals surface area contributed by atoms with Gasteiger partial charge in [0.1, 0.15) is 0 Å². The van der Waals surface area contributed by atoms with E-state index in [1.807, 2.05) is 11.8 Å². The van der Waals surface area contributed by atoms with Gasteiger partial charge < -0.3 is 14.4 Å². The maximum absolute atomic E-state index is 12.3. The van der Waals surface area contributed by atoms with Gasteiger partial charge in [0.2, 0.25) is 5.91 Å². The lowest BCUT2D eigenvalue weighted by Gasteiger charge is -2.20. The number of carbonyl (C=O) groups excluding carboxylic acids is 1. The van der Waals surface area contributed by atoms with Crippen molar-refractivity contribution < 1.29 is 14.3 Å². The first-order valence-electron chi connectivity index (χ1n) is 9.41. The molecule has 0 bridgehead atoms. The van der Waals surface area contributed by atoms with E-state index in [9.17, 15) is 4.79 Å². The van der Waals surface area contributed by atoms with E-state index in [1.54, 1.807) is 11.3 Å². The quantitative estimate of drug-likeness (QED) is 0.663. The number of amides is 1. The highest BCUT2D eigenvalue weighted by Gasteiger charge is 2.44. The van der Waals surface area contributed by atoms with Crippen molar-refractivity contribution in [2.75, 3.05) is 26.3 Å². The van der Waals surface area contributed by atoms with Crippen molar-refractivity contribution in [3.63, 3.8) is 0 Å². The van der Waals surface area contributed by atoms with Gasteiger partial charge in [-0.1, -0.05) is 13.8 Å². The fraction of sp³-hybridized carbons (Fsp3) is 0.789. The number of fused-ring (bicyclic) bond motifs is 1. The summed E-state index contributed by atoms with van der Waals surface area (Å²) >= 11 is 1.66. The van der Waals surface area contributed by atoms with E-state index >= 15 is 0 Å². The van der Waals surface area contributed by atoms with Crippen molar-refractivity contribution in [2.45, 2.75) is 52.7 Å². The molecule has 0 radical (unpaired) electrons. The fourth-order valence-electron chi connectivity index (χ4n) is 3.76. The molecule has 3 heterocycles. The zero-order valence-corrected chi connectivity index (χ0v) is 16.4. The van der Waals surface area contributed by atoms with Gasteiger partial charge in [-0.3, -0.25) is 4.79 Å². The van der Waals surface area contributed by atoms with Gasteiger partial charge in [0.15, 0.2) is 0 Å². The number of aromatic nitrogens is 1. The summed E-state index contributed by atoms with van der Waals surface area (Å²) in [6.07, 6.45) is 2.86. The third-order valence-corrected chi connectivity index (χ3v) is 6.10. The Morgan fingerprint density at radius 3 is 3.04 bits per heavy atom. The minimum absolute atomic E-state index is 0.231. The van der Waals surface area contributed by atoms with Gasteiger partial charge in [0.25, 0.3) is 0 Å². The van der Waals surface area contributed by atoms with Gasteiger partial charge in [0.05, 0.1) is 30.0 Å². The predicted octanol–water partition coefficient (Wildman–Crippen LogP) is 3.27. The average Bonchev–Trinajstić information content (AvgIpc) is 3.25. The molecule has 0 aromatic carbocycles. The number of thiazole rings is 1. The zero-order chi connectivity index (χ0) is 17.8. The van der Waals surface area contributed by atoms with Crippen LogP contribution in [0.3, 0.4) is 0 Å². The van der Waals surface area contributed by atoms with Crippen LogP contribution in [0.4, 0.5) is 0 Å². The Hall–Kier alpha value is -0.980. The van der Waals surface area contributed by atoms with Crippen molar-refractivity contribution in [3.8, 4) is 0 Å². The molecule has 2 aliphatic heterocycles. The Morgan fingerprint density at radius 1 is 1.48 bits per heavy atom. The van der Waals surface area contributed by atoms with Crippen LogP contribution in [0.5, 0.6) is 0 Å². The molecular weight excluding hydrogens is 336 g/mol. The topological polar surface area (TPSA) is 51.7 Å². The highest BCUT2D eigenvalue weighted by atomic mass is 32.1. The van der Waals surface area contributed by atoms with Crippen molar-refractivity contribution in [2.24, 2.45) is 17.8 Å². The van der Waals surface area contributed by atoms with Crippen molar-refractivity contribution in [3.05, 3.63) is 16.1 Å². The standard InChI is InChI=1S/C19H30N2O3S/c1-13(2)4-5-19(22)21-8-17-15(10-24-18(17)9-21)6-7-23-11-16-12-25-14(3)20-16/h12-13,15,17-18H,4-11H2,1-3H3/t15-,17-,18-/m0/s1. The smallest absolute Gasteiger partial charge is 0.222 e. The number of nitrogens with zero attached hydrogens (tertiary/aromatic N) is 2. The Bertz CT molecular complexity index is 575. The first-order chi connectivity index (χ1) is 12.0. The largest absolute Gasteiger partial charge is 0.376 e. The number of rotatable bonds is 8. The van der Waals surface area contributed by atoms with Crippen LogP contribution in [0.15, 0.2) is 5.38 Å². The van der Waals surface area contributed by atoms with E-state index in [-0.39, 0.29) is 6.10 Å². The van der Waals surface area contributed by atoms with E-state index in [0.29, 0.717) is 36.7 Å². The van der Waals surface area contributed by atoms with Crippen LogP contribution >= 0.6 is 11.3 Å². The van der Waals surface area contributed by atoms with Crippen LogP contribution in [0.2, 0.25) is 0 Å². The lowest BCUT2D eigenvalue weighted by Crippen LogP contribution is -2.31. The second kappa shape index (κ2) is 8.60. The second-order valence-corrected chi connectivity index (χ2v) is 8.79. The van der Waals surface area contributed by atoms with Gasteiger partial charge >= 0.3 is 0 Å². The summed E-state index contributed by atoms with van der Waals surface area (Å²) in [5.41, 5.74) is 1.02. The molecule has 1 aromatic heterocycles. The summed E-state index contributed by atoms with van der Waals surface area (Å²) in [6.45, 7) is 10.1. The molecule has 6 heteroatoms. The minimum atomic E-state index is 0.231. The Labute approximate surface area is 154 Å². The van der Waals surface area contributed by atoms with Crippen molar-refractivity contribution in [1.29, 1.82) is 0 Å². The van der Waals surface area contributed by atoms with E-state index in [4.69, 9.17) is 9.47 Å². The van der Waals surface area contributed by atoms with E-state index < -0.39 is 0 Å². The highest BCUT2D eigenvalue weighted by molar-refractivity contribution is 7.09. The zero-order valence-electron chi connectivity index (χ0n) is 15.6. The molecule has 1 aromatic rings. The van der Waals surface area contributed by atoms with Crippen LogP contribution in [-0.4, -0.2) is 48.2 Å². The predicted molar refractivity (Wildman–Crippen MR) is 98.5 cm³/mol. The third kappa shape index (κ3) is 5.02. The number of hydrogen-bond acceptors (Lipinski definition) is 5. The van der Waals surface area contributed by atoms with Crippen LogP contribution in [0, 0.1) is 24.7 Å². The molecule has 0 unspecified atom stereocenters. The summed E-state index contributed by atoms with van der Waals surface area (Å²) in [5, 5.41) is 3.14. The summed E-state index contributed by atoms with van der Waals surface area (Å²) < 4.78 is 11.7. The summed E-state index contributed by atoms with van der Waals surface area (Å²) in [6, 6.07) is 0. The van der Waals surface area contributed by atoms with Gasteiger partial charge in [-0.05, 0) is 31.6 Å². The molecule has 0 N–H and O–H groups in total. The molecule has 25 heavy (non-hydrogen) atoms. The molecule has 5 nitrogen and oxygen atoms in total. The molecule has 0 saturated carbocycles. The van der Waals surface area contributed by atoms with E-state index in [2.05, 4.69) is 24.2 Å². The monoisotopic (exact) mass is 366 g/mol. The maximum atomic E-state index is 12.3. The minimum Gasteiger partial charge on any atom is -0.376 e. The van der Waals surface area contributed by atoms with Crippen molar-refractivity contribution >= 4 is 17.2 Å². The van der Waals surface area contributed by atoms with Crippen LogP contribution in [0.25, 0.3) is 0 Å². The highest BCUT2D eigenvalue weighted by Crippen LogP contribution is 2.35. The lowest BCUT2D eigenvalue weighted by atomic mass is 9.91. The number of aryl methyl sites for hydroxylation is 1. The third-order valence-electron chi connectivity index (χ3n) is 5.28. The number of carbonyl (C=O) groups is 1. The molecule has 0 spiro atoms. The van der Waals surface area contributed by atoms with Crippen molar-refractivity contribution in [1.82, 2.24) is 9.88 Å². The molecule has 0 aliphatic carbocycles. The fourth-order valence-corrected chi connectivity index (χ4v) is 4.35. The lowest BCUT2D eigenvalue weighted by molar-refractivity contribution is -0.131. The summed E-state index contributed by atoms with van der Waals surface area (Å²) in [4.78, 5) is 18.8. The molecule has 140 valence electrons. The van der Waals surface area contributed by atoms with E-state index in [1.165, 1.54) is 0 Å². The maximum Gasteiger partial charge on any atom is 0.222 e. The number of likely N-dealkylation sites (tertiary alicyclic amines) is 1. The SMILES string of the molecule is Cc1nc(COCC[C@H]2CO[C@H]3CN(C(=O)CCC(C)C)C[C@@H]23)cs1. The Morgan fingerprint density at radius 2 is 2.32 bits per heavy atom. The first-order valence-corrected chi connectivity index (χ1v) is 10.3. The van der Waals surface area contributed by atoms with Crippen LogP contribution in [0.1, 0.15) is 43.8 Å². The molecule has 3 atom stereocenters. The second-order valence-electron chi connectivity index (χ2n) is 7.73. The Balaban J connectivity index is 1.39. The van der Waals surface area contributed by atoms with Gasteiger partial charge in [-0.25, -0.2) is 4.98 Å². The average molecular weight is 367 g/mol. The van der Waals surface area contributed by atoms with Crippen LogP contribution < -0.4 is 0 Å². The van der Waals surface area contributed by atoms with Crippen LogP contribution in [-0.2, 0) is 20.9 Å². The molecule has 2 aliphatic rings. The summed E-state index contributed by atoms with van der Waals surface area (Å²) in [5.74, 6) is 1.85. The molecule has 2 fully saturated rings.